The number of anilines is 3. The van der Waals surface area contributed by atoms with Crippen LogP contribution in [-0.4, -0.2) is 20.9 Å². The Balaban J connectivity index is 1.52. The van der Waals surface area contributed by atoms with E-state index in [0.29, 0.717) is 10.7 Å². The van der Waals surface area contributed by atoms with Crippen LogP contribution in [0.4, 0.5) is 30.5 Å². The van der Waals surface area contributed by atoms with E-state index < -0.39 is 17.6 Å². The lowest BCUT2D eigenvalue weighted by Gasteiger charge is -2.12. The van der Waals surface area contributed by atoms with Gasteiger partial charge in [0, 0.05) is 34.7 Å². The number of carbonyl (C=O) groups excluding carboxylic acids is 1. The van der Waals surface area contributed by atoms with E-state index in [9.17, 15) is 18.0 Å². The Hall–Kier alpha value is -3.98. The van der Waals surface area contributed by atoms with Gasteiger partial charge < -0.3 is 10.6 Å². The molecule has 0 spiro atoms. The lowest BCUT2D eigenvalue weighted by atomic mass is 10.1. The molecule has 4 rings (SSSR count). The van der Waals surface area contributed by atoms with Crippen LogP contribution >= 0.6 is 11.6 Å². The number of hydrogen-bond donors (Lipinski definition) is 2. The number of benzene rings is 1. The summed E-state index contributed by atoms with van der Waals surface area (Å²) in [7, 11) is 0. The smallest absolute Gasteiger partial charge is 0.325 e. The fraction of sp³-hybridized carbons (Fsp3) is 0.0435. The standard InChI is InChI=1S/C23H15ClF3N5O/c24-17-4-1-14(2-5-17)18-8-9-28-13-19(18)31-22(33)15-7-10-29-21(11-15)32-20-6-3-16(12-30-20)23(25,26)27/h1-13H,(H,31,33)(H,29,30,32). The first kappa shape index (κ1) is 22.2. The highest BCUT2D eigenvalue weighted by atomic mass is 35.5. The van der Waals surface area contributed by atoms with Gasteiger partial charge in [0.2, 0.25) is 0 Å². The van der Waals surface area contributed by atoms with Crippen molar-refractivity contribution in [2.75, 3.05) is 10.6 Å². The van der Waals surface area contributed by atoms with Crippen molar-refractivity contribution in [1.82, 2.24) is 15.0 Å². The van der Waals surface area contributed by atoms with Gasteiger partial charge in [-0.3, -0.25) is 9.78 Å². The van der Waals surface area contributed by atoms with Gasteiger partial charge in [0.15, 0.2) is 0 Å². The van der Waals surface area contributed by atoms with Crippen molar-refractivity contribution in [3.05, 3.63) is 95.5 Å². The number of pyridine rings is 3. The van der Waals surface area contributed by atoms with Crippen LogP contribution in [0.25, 0.3) is 11.1 Å². The Kier molecular flexibility index (Phi) is 6.23. The second-order valence-electron chi connectivity index (χ2n) is 6.87. The van der Waals surface area contributed by atoms with Crippen LogP contribution < -0.4 is 10.6 Å². The maximum Gasteiger partial charge on any atom is 0.417 e. The van der Waals surface area contributed by atoms with Crippen LogP contribution in [0.3, 0.4) is 0 Å². The Morgan fingerprint density at radius 1 is 0.879 bits per heavy atom. The summed E-state index contributed by atoms with van der Waals surface area (Å²) in [5.74, 6) is -0.00611. The van der Waals surface area contributed by atoms with Crippen LogP contribution in [-0.2, 0) is 6.18 Å². The van der Waals surface area contributed by atoms with E-state index in [1.165, 1.54) is 30.6 Å². The molecular formula is C23H15ClF3N5O. The van der Waals surface area contributed by atoms with Gasteiger partial charge in [-0.1, -0.05) is 23.7 Å². The Bertz CT molecular complexity index is 1280. The molecule has 0 fully saturated rings. The Morgan fingerprint density at radius 2 is 1.67 bits per heavy atom. The quantitative estimate of drug-likeness (QED) is 0.363. The molecule has 0 unspecified atom stereocenters. The Morgan fingerprint density at radius 3 is 2.36 bits per heavy atom. The van der Waals surface area contributed by atoms with Crippen LogP contribution in [0.5, 0.6) is 0 Å². The highest BCUT2D eigenvalue weighted by Crippen LogP contribution is 2.30. The zero-order chi connectivity index (χ0) is 23.4. The summed E-state index contributed by atoms with van der Waals surface area (Å²) in [6.07, 6.45) is 0.808. The first-order valence-electron chi connectivity index (χ1n) is 9.57. The molecule has 4 aromatic rings. The molecule has 33 heavy (non-hydrogen) atoms. The third-order valence-corrected chi connectivity index (χ3v) is 4.85. The summed E-state index contributed by atoms with van der Waals surface area (Å²) < 4.78 is 38.1. The number of nitrogens with one attached hydrogen (secondary N) is 2. The molecule has 6 nitrogen and oxygen atoms in total. The molecule has 2 N–H and O–H groups in total. The molecule has 1 aromatic carbocycles. The molecule has 10 heteroatoms. The fourth-order valence-electron chi connectivity index (χ4n) is 2.98. The molecule has 166 valence electrons. The number of amides is 1. The van der Waals surface area contributed by atoms with Gasteiger partial charge >= 0.3 is 6.18 Å². The van der Waals surface area contributed by atoms with E-state index in [4.69, 9.17) is 11.6 Å². The number of carbonyl (C=O) groups is 1. The van der Waals surface area contributed by atoms with Crippen LogP contribution in [0.15, 0.2) is 79.4 Å². The fourth-order valence-corrected chi connectivity index (χ4v) is 3.10. The number of halogens is 4. The predicted octanol–water partition coefficient (Wildman–Crippen LogP) is 6.21. The minimum absolute atomic E-state index is 0.158. The lowest BCUT2D eigenvalue weighted by molar-refractivity contribution is -0.137. The topological polar surface area (TPSA) is 79.8 Å². The molecule has 0 saturated carbocycles. The van der Waals surface area contributed by atoms with Crippen LogP contribution in [0.1, 0.15) is 15.9 Å². The van der Waals surface area contributed by atoms with Gasteiger partial charge in [0.25, 0.3) is 5.91 Å². The van der Waals surface area contributed by atoms with Crippen LogP contribution in [0, 0.1) is 0 Å². The zero-order valence-electron chi connectivity index (χ0n) is 16.8. The highest BCUT2D eigenvalue weighted by Gasteiger charge is 2.30. The summed E-state index contributed by atoms with van der Waals surface area (Å²) in [5, 5.41) is 6.21. The molecule has 1 amide bonds. The molecule has 0 radical (unpaired) electrons. The molecular weight excluding hydrogens is 455 g/mol. The summed E-state index contributed by atoms with van der Waals surface area (Å²) in [6, 6.07) is 14.0. The number of hydrogen-bond acceptors (Lipinski definition) is 5. The van der Waals surface area contributed by atoms with E-state index in [-0.39, 0.29) is 17.2 Å². The minimum Gasteiger partial charge on any atom is -0.325 e. The van der Waals surface area contributed by atoms with Gasteiger partial charge in [0.05, 0.1) is 17.4 Å². The molecule has 0 aliphatic carbocycles. The average molecular weight is 470 g/mol. The first-order valence-corrected chi connectivity index (χ1v) is 9.95. The van der Waals surface area contributed by atoms with Crippen molar-refractivity contribution in [2.45, 2.75) is 6.18 Å². The number of aromatic nitrogens is 3. The minimum atomic E-state index is -4.47. The SMILES string of the molecule is O=C(Nc1cnccc1-c1ccc(Cl)cc1)c1ccnc(Nc2ccc(C(F)(F)F)cn2)c1. The molecule has 0 saturated heterocycles. The maximum atomic E-state index is 12.9. The van der Waals surface area contributed by atoms with Gasteiger partial charge in [-0.25, -0.2) is 9.97 Å². The lowest BCUT2D eigenvalue weighted by Crippen LogP contribution is -2.13. The van der Waals surface area contributed by atoms with Crippen molar-refractivity contribution in [1.29, 1.82) is 0 Å². The molecule has 3 heterocycles. The third-order valence-electron chi connectivity index (χ3n) is 4.59. The second kappa shape index (κ2) is 9.25. The Labute approximate surface area is 191 Å². The number of alkyl halides is 3. The largest absolute Gasteiger partial charge is 0.417 e. The molecule has 0 bridgehead atoms. The zero-order valence-corrected chi connectivity index (χ0v) is 17.5. The van der Waals surface area contributed by atoms with Crippen molar-refractivity contribution < 1.29 is 18.0 Å². The van der Waals surface area contributed by atoms with Crippen molar-refractivity contribution in [3.8, 4) is 11.1 Å². The van der Waals surface area contributed by atoms with Crippen molar-refractivity contribution >= 4 is 34.8 Å². The van der Waals surface area contributed by atoms with E-state index in [2.05, 4.69) is 25.6 Å². The summed E-state index contributed by atoms with van der Waals surface area (Å²) in [6.45, 7) is 0. The van der Waals surface area contributed by atoms with Gasteiger partial charge in [0.1, 0.15) is 11.6 Å². The molecule has 0 atom stereocenters. The average Bonchev–Trinajstić information content (AvgIpc) is 2.80. The van der Waals surface area contributed by atoms with Crippen molar-refractivity contribution in [2.24, 2.45) is 0 Å². The monoisotopic (exact) mass is 469 g/mol. The van der Waals surface area contributed by atoms with Gasteiger partial charge in [-0.15, -0.1) is 0 Å². The maximum absolute atomic E-state index is 12.9. The number of rotatable bonds is 5. The second-order valence-corrected chi connectivity index (χ2v) is 7.30. The summed E-state index contributed by atoms with van der Waals surface area (Å²) >= 11 is 5.96. The molecule has 0 aliphatic heterocycles. The van der Waals surface area contributed by atoms with Crippen LogP contribution in [0.2, 0.25) is 5.02 Å². The number of nitrogens with zero attached hydrogens (tertiary/aromatic N) is 3. The van der Waals surface area contributed by atoms with E-state index >= 15 is 0 Å². The van der Waals surface area contributed by atoms with E-state index in [1.54, 1.807) is 24.4 Å². The molecule has 0 aliphatic rings. The molecule has 3 aromatic heterocycles. The third kappa shape index (κ3) is 5.45. The summed E-state index contributed by atoms with van der Waals surface area (Å²) in [4.78, 5) is 24.8. The predicted molar refractivity (Wildman–Crippen MR) is 119 cm³/mol. The highest BCUT2D eigenvalue weighted by molar-refractivity contribution is 6.30. The van der Waals surface area contributed by atoms with Gasteiger partial charge in [-0.2, -0.15) is 13.2 Å². The van der Waals surface area contributed by atoms with Gasteiger partial charge in [-0.05, 0) is 48.0 Å². The summed E-state index contributed by atoms with van der Waals surface area (Å²) in [5.41, 5.74) is 1.53. The normalized spacial score (nSPS) is 11.2. The van der Waals surface area contributed by atoms with E-state index in [1.807, 2.05) is 12.1 Å². The first-order chi connectivity index (χ1) is 15.8. The van der Waals surface area contributed by atoms with E-state index in [0.717, 1.165) is 23.4 Å². The van der Waals surface area contributed by atoms with Crippen molar-refractivity contribution in [3.63, 3.8) is 0 Å².